The van der Waals surface area contributed by atoms with Crippen molar-refractivity contribution >= 4 is 34.8 Å². The number of fused-ring (bicyclic) bond motifs is 3. The Hall–Kier alpha value is -5.13. The number of esters is 1. The van der Waals surface area contributed by atoms with E-state index in [2.05, 4.69) is 10.6 Å². The van der Waals surface area contributed by atoms with Gasteiger partial charge in [0.1, 0.15) is 40.8 Å². The number of benzene rings is 2. The molecular formula is C39H46N4O8. The summed E-state index contributed by atoms with van der Waals surface area (Å²) in [6.07, 6.45) is 5.66. The zero-order valence-electron chi connectivity index (χ0n) is 29.8. The summed E-state index contributed by atoms with van der Waals surface area (Å²) >= 11 is 0. The molecule has 51 heavy (non-hydrogen) atoms. The molecule has 0 radical (unpaired) electrons. The number of allylic oxidation sites excluding steroid dienone is 1. The highest BCUT2D eigenvalue weighted by Crippen LogP contribution is 2.46. The van der Waals surface area contributed by atoms with Gasteiger partial charge in [-0.1, -0.05) is 48.9 Å². The molecule has 3 aliphatic rings. The number of aromatic nitrogens is 1. The quantitative estimate of drug-likeness (QED) is 0.258. The zero-order chi connectivity index (χ0) is 36.3. The summed E-state index contributed by atoms with van der Waals surface area (Å²) in [7, 11) is 2.89. The SMILES string of the molecule is COC(=O)[C@@]12C[C@@H]1/C=C/CCCC[C@H](NC(=O)OC(C)(C)C)C(=O)N1C[C@H](Oc3cc(-c4ccccc4)nc4cc(OC)ccc34)C[C@H]1C(=O)N2. The lowest BCUT2D eigenvalue weighted by Gasteiger charge is -2.30. The Bertz CT molecular complexity index is 1820. The van der Waals surface area contributed by atoms with Crippen molar-refractivity contribution in [3.63, 3.8) is 0 Å². The standard InChI is InChI=1S/C39H46N4O8/c1-38(2,3)51-37(47)41-29-16-12-7-6-11-15-25-22-39(25,36(46)49-5)42-34(44)32-20-27(23-43(32)35(29)45)50-33-21-30(24-13-9-8-10-14-24)40-31-19-26(48-4)17-18-28(31)33/h8-11,13-15,17-19,21,25,27,29,32H,6-7,12,16,20,22-23H2,1-5H3,(H,41,47)(H,42,44)/b15-11+/t25-,27+,29-,32-,39+/m0/s1. The number of methoxy groups -OCH3 is 2. The van der Waals surface area contributed by atoms with Crippen molar-refractivity contribution in [1.29, 1.82) is 0 Å². The lowest BCUT2D eigenvalue weighted by Crippen LogP contribution is -2.56. The number of carbonyl (C=O) groups is 4. The molecule has 0 bridgehead atoms. The van der Waals surface area contributed by atoms with Crippen LogP contribution in [-0.2, 0) is 23.9 Å². The van der Waals surface area contributed by atoms with Crippen LogP contribution in [0.25, 0.3) is 22.2 Å². The second kappa shape index (κ2) is 14.6. The first-order valence-electron chi connectivity index (χ1n) is 17.5. The van der Waals surface area contributed by atoms with Gasteiger partial charge in [0.2, 0.25) is 11.8 Å². The van der Waals surface area contributed by atoms with Gasteiger partial charge in [0.25, 0.3) is 0 Å². The van der Waals surface area contributed by atoms with Crippen LogP contribution in [-0.4, -0.2) is 83.9 Å². The molecular weight excluding hydrogens is 652 g/mol. The monoisotopic (exact) mass is 698 g/mol. The van der Waals surface area contributed by atoms with Crippen LogP contribution in [0.3, 0.4) is 0 Å². The molecule has 3 amide bonds. The highest BCUT2D eigenvalue weighted by Gasteiger charge is 2.62. The molecule has 2 aliphatic heterocycles. The third-order valence-corrected chi connectivity index (χ3v) is 9.57. The minimum absolute atomic E-state index is 0.0681. The first kappa shape index (κ1) is 35.7. The van der Waals surface area contributed by atoms with E-state index in [1.54, 1.807) is 27.9 Å². The maximum Gasteiger partial charge on any atom is 0.408 e. The van der Waals surface area contributed by atoms with Crippen molar-refractivity contribution < 1.29 is 38.1 Å². The highest BCUT2D eigenvalue weighted by atomic mass is 16.6. The fourth-order valence-electron chi connectivity index (χ4n) is 6.93. The maximum atomic E-state index is 14.4. The summed E-state index contributed by atoms with van der Waals surface area (Å²) in [5.41, 5.74) is 0.256. The van der Waals surface area contributed by atoms with Crippen molar-refractivity contribution in [2.45, 2.75) is 88.6 Å². The Morgan fingerprint density at radius 1 is 1.04 bits per heavy atom. The van der Waals surface area contributed by atoms with Crippen LogP contribution in [0.5, 0.6) is 11.5 Å². The van der Waals surface area contributed by atoms with Crippen LogP contribution in [0, 0.1) is 5.92 Å². The van der Waals surface area contributed by atoms with E-state index < -0.39 is 53.2 Å². The molecule has 0 spiro atoms. The molecule has 3 heterocycles. The topological polar surface area (TPSA) is 145 Å². The number of nitrogens with zero attached hydrogens (tertiary/aromatic N) is 2. The molecule has 1 saturated heterocycles. The van der Waals surface area contributed by atoms with Gasteiger partial charge < -0.3 is 34.5 Å². The summed E-state index contributed by atoms with van der Waals surface area (Å²) in [5.74, 6) is -0.481. The van der Waals surface area contributed by atoms with Crippen LogP contribution in [0.2, 0.25) is 0 Å². The second-order valence-electron chi connectivity index (χ2n) is 14.4. The van der Waals surface area contributed by atoms with Gasteiger partial charge in [0.15, 0.2) is 0 Å². The lowest BCUT2D eigenvalue weighted by atomic mass is 10.0. The first-order chi connectivity index (χ1) is 24.4. The van der Waals surface area contributed by atoms with Crippen molar-refractivity contribution in [1.82, 2.24) is 20.5 Å². The van der Waals surface area contributed by atoms with E-state index in [9.17, 15) is 19.2 Å². The summed E-state index contributed by atoms with van der Waals surface area (Å²) in [6.45, 7) is 5.32. The smallest absolute Gasteiger partial charge is 0.408 e. The van der Waals surface area contributed by atoms with Gasteiger partial charge in [0.05, 0.1) is 32.0 Å². The summed E-state index contributed by atoms with van der Waals surface area (Å²) in [5, 5.41) is 6.47. The molecule has 12 heteroatoms. The van der Waals surface area contributed by atoms with E-state index in [1.165, 1.54) is 12.0 Å². The predicted octanol–water partition coefficient (Wildman–Crippen LogP) is 5.33. The fourth-order valence-corrected chi connectivity index (χ4v) is 6.93. The Morgan fingerprint density at radius 3 is 2.55 bits per heavy atom. The number of hydrogen-bond acceptors (Lipinski definition) is 9. The number of alkyl carbamates (subject to hydrolysis) is 1. The molecule has 3 aromatic rings. The molecule has 1 aromatic heterocycles. The molecule has 1 aliphatic carbocycles. The van der Waals surface area contributed by atoms with Gasteiger partial charge in [-0.2, -0.15) is 0 Å². The number of carbonyl (C=O) groups excluding carboxylic acids is 4. The number of amides is 3. The van der Waals surface area contributed by atoms with E-state index in [0.717, 1.165) is 17.4 Å². The van der Waals surface area contributed by atoms with Gasteiger partial charge in [0, 0.05) is 35.4 Å². The Labute approximate surface area is 297 Å². The predicted molar refractivity (Wildman–Crippen MR) is 190 cm³/mol. The molecule has 270 valence electrons. The highest BCUT2D eigenvalue weighted by molar-refractivity contribution is 5.96. The second-order valence-corrected chi connectivity index (χ2v) is 14.4. The molecule has 2 N–H and O–H groups in total. The largest absolute Gasteiger partial charge is 0.497 e. The van der Waals surface area contributed by atoms with Crippen molar-refractivity contribution in [3.05, 3.63) is 66.7 Å². The summed E-state index contributed by atoms with van der Waals surface area (Å²) < 4.78 is 22.8. The van der Waals surface area contributed by atoms with E-state index in [1.807, 2.05) is 66.7 Å². The van der Waals surface area contributed by atoms with Crippen LogP contribution >= 0.6 is 0 Å². The van der Waals surface area contributed by atoms with E-state index in [4.69, 9.17) is 23.9 Å². The zero-order valence-corrected chi connectivity index (χ0v) is 29.8. The third-order valence-electron chi connectivity index (χ3n) is 9.57. The fraction of sp³-hybridized carbons (Fsp3) is 0.462. The van der Waals surface area contributed by atoms with Gasteiger partial charge in [-0.25, -0.2) is 14.6 Å². The Balaban J connectivity index is 1.35. The van der Waals surface area contributed by atoms with Gasteiger partial charge >= 0.3 is 12.1 Å². The molecule has 5 atom stereocenters. The van der Waals surface area contributed by atoms with Crippen LogP contribution in [0.1, 0.15) is 59.3 Å². The van der Waals surface area contributed by atoms with Gasteiger partial charge in [-0.15, -0.1) is 0 Å². The van der Waals surface area contributed by atoms with Crippen LogP contribution in [0.4, 0.5) is 4.79 Å². The summed E-state index contributed by atoms with van der Waals surface area (Å²) in [4.78, 5) is 60.9. The Kier molecular flexibility index (Phi) is 10.2. The molecule has 2 fully saturated rings. The Morgan fingerprint density at radius 2 is 1.82 bits per heavy atom. The van der Waals surface area contributed by atoms with E-state index in [0.29, 0.717) is 48.4 Å². The lowest BCUT2D eigenvalue weighted by molar-refractivity contribution is -0.148. The average Bonchev–Trinajstić information content (AvgIpc) is 3.63. The molecule has 12 nitrogen and oxygen atoms in total. The number of pyridine rings is 1. The maximum absolute atomic E-state index is 14.4. The van der Waals surface area contributed by atoms with Crippen LogP contribution in [0.15, 0.2) is 66.7 Å². The minimum atomic E-state index is -1.21. The number of hydrogen-bond donors (Lipinski definition) is 2. The molecule has 0 unspecified atom stereocenters. The number of rotatable bonds is 6. The van der Waals surface area contributed by atoms with E-state index >= 15 is 0 Å². The van der Waals surface area contributed by atoms with Crippen molar-refractivity contribution in [3.8, 4) is 22.8 Å². The van der Waals surface area contributed by atoms with Crippen molar-refractivity contribution in [2.24, 2.45) is 5.92 Å². The molecule has 2 aromatic carbocycles. The number of nitrogens with one attached hydrogen (secondary N) is 2. The van der Waals surface area contributed by atoms with Crippen LogP contribution < -0.4 is 20.1 Å². The minimum Gasteiger partial charge on any atom is -0.497 e. The molecule has 6 rings (SSSR count). The average molecular weight is 699 g/mol. The molecule has 1 saturated carbocycles. The van der Waals surface area contributed by atoms with Gasteiger partial charge in [-0.05, 0) is 58.6 Å². The third kappa shape index (κ3) is 7.95. The van der Waals surface area contributed by atoms with E-state index in [-0.39, 0.29) is 18.9 Å². The normalized spacial score (nSPS) is 25.8. The number of ether oxygens (including phenoxy) is 4. The first-order valence-corrected chi connectivity index (χ1v) is 17.5. The summed E-state index contributed by atoms with van der Waals surface area (Å²) in [6, 6.07) is 15.2. The van der Waals surface area contributed by atoms with Crippen molar-refractivity contribution in [2.75, 3.05) is 20.8 Å². The van der Waals surface area contributed by atoms with Gasteiger partial charge in [-0.3, -0.25) is 9.59 Å².